The number of piperidine rings is 1. The van der Waals surface area contributed by atoms with Crippen molar-refractivity contribution in [3.63, 3.8) is 0 Å². The van der Waals surface area contributed by atoms with Gasteiger partial charge in [-0.1, -0.05) is 0 Å². The Balaban J connectivity index is 1.75. The summed E-state index contributed by atoms with van der Waals surface area (Å²) in [7, 11) is 0. The van der Waals surface area contributed by atoms with Gasteiger partial charge >= 0.3 is 0 Å². The maximum atomic E-state index is 10.8. The normalized spacial score (nSPS) is 35.0. The third-order valence-corrected chi connectivity index (χ3v) is 2.58. The van der Waals surface area contributed by atoms with Crippen LogP contribution in [0.25, 0.3) is 0 Å². The fourth-order valence-corrected chi connectivity index (χ4v) is 1.87. The van der Waals surface area contributed by atoms with E-state index in [0.29, 0.717) is 6.54 Å². The second-order valence-electron chi connectivity index (χ2n) is 3.52. The van der Waals surface area contributed by atoms with Crippen molar-refractivity contribution in [3.05, 3.63) is 0 Å². The molecule has 1 amide bonds. The summed E-state index contributed by atoms with van der Waals surface area (Å²) in [6.07, 6.45) is 1.38. The van der Waals surface area contributed by atoms with E-state index < -0.39 is 0 Å². The van der Waals surface area contributed by atoms with E-state index in [1.165, 1.54) is 6.42 Å². The smallest absolute Gasteiger partial charge is 0.248 e. The lowest BCUT2D eigenvalue weighted by atomic mass is 10.4. The van der Waals surface area contributed by atoms with Gasteiger partial charge in [-0.3, -0.25) is 15.1 Å². The molecule has 62 valence electrons. The molecule has 4 heteroatoms. The molecule has 2 rings (SSSR count). The van der Waals surface area contributed by atoms with Gasteiger partial charge in [-0.15, -0.1) is 0 Å². The molecule has 2 atom stereocenters. The molecule has 1 saturated heterocycles. The van der Waals surface area contributed by atoms with E-state index >= 15 is 0 Å². The lowest BCUT2D eigenvalue weighted by Crippen LogP contribution is -2.40. The van der Waals surface area contributed by atoms with Crippen LogP contribution in [0.1, 0.15) is 6.42 Å². The summed E-state index contributed by atoms with van der Waals surface area (Å²) in [6, 6.07) is 0. The molecule has 0 aromatic rings. The highest BCUT2D eigenvalue weighted by atomic mass is 16.2. The summed E-state index contributed by atoms with van der Waals surface area (Å²) in [4.78, 5) is 13.0. The van der Waals surface area contributed by atoms with Crippen molar-refractivity contribution in [2.24, 2.45) is 17.7 Å². The average Bonchev–Trinajstić information content (AvgIpc) is 2.60. The van der Waals surface area contributed by atoms with Crippen LogP contribution in [0, 0.1) is 11.8 Å². The summed E-state index contributed by atoms with van der Waals surface area (Å²) in [5, 5.41) is 0. The first-order valence-electron chi connectivity index (χ1n) is 4.01. The first-order chi connectivity index (χ1) is 5.29. The fraction of sp³-hybridized carbons (Fsp3) is 0.857. The van der Waals surface area contributed by atoms with Crippen molar-refractivity contribution in [1.82, 2.24) is 10.3 Å². The number of rotatable bonds is 2. The minimum atomic E-state index is -0.0775. The zero-order valence-corrected chi connectivity index (χ0v) is 6.42. The summed E-state index contributed by atoms with van der Waals surface area (Å²) in [5.74, 6) is 6.67. The Morgan fingerprint density at radius 2 is 2.18 bits per heavy atom. The van der Waals surface area contributed by atoms with E-state index in [2.05, 4.69) is 10.3 Å². The molecular formula is C7H13N3O. The van der Waals surface area contributed by atoms with Crippen molar-refractivity contribution < 1.29 is 4.79 Å². The molecule has 2 aliphatic rings. The second kappa shape index (κ2) is 2.46. The molecule has 2 unspecified atom stereocenters. The van der Waals surface area contributed by atoms with Gasteiger partial charge in [0.15, 0.2) is 0 Å². The summed E-state index contributed by atoms with van der Waals surface area (Å²) >= 11 is 0. The molecule has 1 saturated carbocycles. The molecule has 0 bridgehead atoms. The van der Waals surface area contributed by atoms with Crippen LogP contribution in [-0.2, 0) is 4.79 Å². The zero-order valence-electron chi connectivity index (χ0n) is 6.42. The molecule has 1 aliphatic heterocycles. The van der Waals surface area contributed by atoms with E-state index in [4.69, 9.17) is 5.84 Å². The van der Waals surface area contributed by atoms with E-state index in [9.17, 15) is 4.79 Å². The SMILES string of the molecule is NNC(=O)CN1CC2CC2C1. The number of hydrogen-bond donors (Lipinski definition) is 2. The number of amides is 1. The number of nitrogens with one attached hydrogen (secondary N) is 1. The number of nitrogens with zero attached hydrogens (tertiary/aromatic N) is 1. The van der Waals surface area contributed by atoms with Crippen LogP contribution >= 0.6 is 0 Å². The molecule has 0 spiro atoms. The van der Waals surface area contributed by atoms with Gasteiger partial charge in [0, 0.05) is 13.1 Å². The lowest BCUT2D eigenvalue weighted by Gasteiger charge is -2.15. The lowest BCUT2D eigenvalue weighted by molar-refractivity contribution is -0.122. The van der Waals surface area contributed by atoms with Gasteiger partial charge in [0.2, 0.25) is 5.91 Å². The van der Waals surface area contributed by atoms with Crippen molar-refractivity contribution in [3.8, 4) is 0 Å². The Bertz CT molecular complexity index is 173. The highest BCUT2D eigenvalue weighted by molar-refractivity contribution is 5.77. The van der Waals surface area contributed by atoms with Crippen molar-refractivity contribution in [1.29, 1.82) is 0 Å². The number of carbonyl (C=O) groups is 1. The average molecular weight is 155 g/mol. The molecule has 1 heterocycles. The summed E-state index contributed by atoms with van der Waals surface area (Å²) in [5.41, 5.74) is 2.14. The highest BCUT2D eigenvalue weighted by Gasteiger charge is 2.45. The fourth-order valence-electron chi connectivity index (χ4n) is 1.87. The molecule has 1 aliphatic carbocycles. The third-order valence-electron chi connectivity index (χ3n) is 2.58. The number of carbonyl (C=O) groups excluding carboxylic acids is 1. The summed E-state index contributed by atoms with van der Waals surface area (Å²) < 4.78 is 0. The van der Waals surface area contributed by atoms with Crippen LogP contribution in [-0.4, -0.2) is 30.4 Å². The van der Waals surface area contributed by atoms with Crippen LogP contribution in [0.2, 0.25) is 0 Å². The van der Waals surface area contributed by atoms with E-state index in [1.807, 2.05) is 0 Å². The van der Waals surface area contributed by atoms with Gasteiger partial charge < -0.3 is 0 Å². The number of hydrogen-bond acceptors (Lipinski definition) is 3. The van der Waals surface area contributed by atoms with Crippen LogP contribution in [0.4, 0.5) is 0 Å². The highest BCUT2D eigenvalue weighted by Crippen LogP contribution is 2.44. The Morgan fingerprint density at radius 3 is 2.73 bits per heavy atom. The maximum absolute atomic E-state index is 10.8. The number of hydrazine groups is 1. The number of fused-ring (bicyclic) bond motifs is 1. The van der Waals surface area contributed by atoms with Crippen LogP contribution in [0.15, 0.2) is 0 Å². The van der Waals surface area contributed by atoms with Crippen LogP contribution in [0.5, 0.6) is 0 Å². The standard InChI is InChI=1S/C7H13N3O/c8-9-7(11)4-10-2-5-1-6(5)3-10/h5-6H,1-4,8H2,(H,9,11). The van der Waals surface area contributed by atoms with Gasteiger partial charge in [0.05, 0.1) is 6.54 Å². The topological polar surface area (TPSA) is 58.4 Å². The Labute approximate surface area is 65.7 Å². The minimum absolute atomic E-state index is 0.0775. The first kappa shape index (κ1) is 7.06. The predicted octanol–water partition coefficient (Wildman–Crippen LogP) is -1.07. The molecule has 0 aromatic carbocycles. The monoisotopic (exact) mass is 155 g/mol. The molecule has 0 aromatic heterocycles. The van der Waals surface area contributed by atoms with E-state index in [0.717, 1.165) is 24.9 Å². The van der Waals surface area contributed by atoms with Crippen molar-refractivity contribution >= 4 is 5.91 Å². The van der Waals surface area contributed by atoms with Gasteiger partial charge in [-0.25, -0.2) is 5.84 Å². The first-order valence-corrected chi connectivity index (χ1v) is 4.01. The number of likely N-dealkylation sites (tertiary alicyclic amines) is 1. The minimum Gasteiger partial charge on any atom is -0.294 e. The Kier molecular flexibility index (Phi) is 1.58. The van der Waals surface area contributed by atoms with Crippen LogP contribution < -0.4 is 11.3 Å². The van der Waals surface area contributed by atoms with Gasteiger partial charge in [-0.05, 0) is 18.3 Å². The van der Waals surface area contributed by atoms with Crippen molar-refractivity contribution in [2.75, 3.05) is 19.6 Å². The largest absolute Gasteiger partial charge is 0.294 e. The van der Waals surface area contributed by atoms with Gasteiger partial charge in [0.25, 0.3) is 0 Å². The molecule has 11 heavy (non-hydrogen) atoms. The van der Waals surface area contributed by atoms with Crippen molar-refractivity contribution in [2.45, 2.75) is 6.42 Å². The molecule has 4 nitrogen and oxygen atoms in total. The maximum Gasteiger partial charge on any atom is 0.248 e. The molecule has 0 radical (unpaired) electrons. The quantitative estimate of drug-likeness (QED) is 0.303. The third kappa shape index (κ3) is 1.36. The Hall–Kier alpha value is -0.610. The van der Waals surface area contributed by atoms with E-state index in [1.54, 1.807) is 0 Å². The predicted molar refractivity (Wildman–Crippen MR) is 40.4 cm³/mol. The van der Waals surface area contributed by atoms with Gasteiger partial charge in [-0.2, -0.15) is 0 Å². The molecule has 3 N–H and O–H groups in total. The number of nitrogens with two attached hydrogens (primary N) is 1. The molecular weight excluding hydrogens is 142 g/mol. The summed E-state index contributed by atoms with van der Waals surface area (Å²) in [6.45, 7) is 2.67. The van der Waals surface area contributed by atoms with Crippen LogP contribution in [0.3, 0.4) is 0 Å². The van der Waals surface area contributed by atoms with E-state index in [-0.39, 0.29) is 5.91 Å². The molecule has 2 fully saturated rings. The van der Waals surface area contributed by atoms with Gasteiger partial charge in [0.1, 0.15) is 0 Å². The Morgan fingerprint density at radius 1 is 1.55 bits per heavy atom. The second-order valence-corrected chi connectivity index (χ2v) is 3.52. The zero-order chi connectivity index (χ0) is 7.84.